The average Bonchev–Trinajstić information content (AvgIpc) is 2.84. The van der Waals surface area contributed by atoms with Gasteiger partial charge in [0.25, 0.3) is 0 Å². The van der Waals surface area contributed by atoms with Crippen molar-refractivity contribution in [3.8, 4) is 0 Å². The summed E-state index contributed by atoms with van der Waals surface area (Å²) in [6, 6.07) is 0. The van der Waals surface area contributed by atoms with Crippen LogP contribution in [0.4, 0.5) is 0 Å². The van der Waals surface area contributed by atoms with Crippen LogP contribution in [-0.2, 0) is 0 Å². The van der Waals surface area contributed by atoms with Crippen molar-refractivity contribution in [2.45, 2.75) is 12.5 Å². The van der Waals surface area contributed by atoms with Gasteiger partial charge in [0.15, 0.2) is 0 Å². The number of allylic oxidation sites excluding steroid dienone is 2. The van der Waals surface area contributed by atoms with Gasteiger partial charge in [-0.1, -0.05) is 24.3 Å². The second kappa shape index (κ2) is 1.93. The highest BCUT2D eigenvalue weighted by Crippen LogP contribution is 2.62. The van der Waals surface area contributed by atoms with Gasteiger partial charge in [-0.25, -0.2) is 0 Å². The van der Waals surface area contributed by atoms with E-state index in [0.717, 1.165) is 23.7 Å². The molecule has 2 saturated carbocycles. The number of aliphatic hydroxyl groups excluding tert-OH is 1. The number of rotatable bonds is 0. The van der Waals surface area contributed by atoms with Crippen LogP contribution < -0.4 is 0 Å². The predicted octanol–water partition coefficient (Wildman–Crippen LogP) is 1.60. The first-order valence-corrected chi connectivity index (χ1v) is 5.41. The molecule has 68 valence electrons. The van der Waals surface area contributed by atoms with Crippen LogP contribution in [0.25, 0.3) is 0 Å². The van der Waals surface area contributed by atoms with Gasteiger partial charge in [-0.3, -0.25) is 0 Å². The molecule has 4 aliphatic carbocycles. The van der Waals surface area contributed by atoms with Crippen LogP contribution in [0.5, 0.6) is 0 Å². The van der Waals surface area contributed by atoms with E-state index < -0.39 is 0 Å². The highest BCUT2D eigenvalue weighted by molar-refractivity contribution is 5.28. The van der Waals surface area contributed by atoms with Gasteiger partial charge < -0.3 is 5.11 Å². The molecule has 4 aliphatic rings. The summed E-state index contributed by atoms with van der Waals surface area (Å²) in [6.07, 6.45) is 10.7. The fourth-order valence-corrected chi connectivity index (χ4v) is 4.44. The minimum atomic E-state index is -0.0415. The fourth-order valence-electron chi connectivity index (χ4n) is 4.44. The molecule has 0 aliphatic heterocycles. The fraction of sp³-hybridized carbons (Fsp3) is 0.667. The van der Waals surface area contributed by atoms with Crippen molar-refractivity contribution in [1.29, 1.82) is 0 Å². The molecule has 0 spiro atoms. The smallest absolute Gasteiger partial charge is 0.0671 e. The van der Waals surface area contributed by atoms with Gasteiger partial charge in [0, 0.05) is 11.8 Å². The molecule has 0 aromatic heterocycles. The van der Waals surface area contributed by atoms with E-state index in [9.17, 15) is 5.11 Å². The van der Waals surface area contributed by atoms with Crippen LogP contribution in [0.1, 0.15) is 6.42 Å². The van der Waals surface area contributed by atoms with E-state index >= 15 is 0 Å². The second-order valence-electron chi connectivity index (χ2n) is 5.13. The Bertz CT molecular complexity index is 289. The Hall–Kier alpha value is -0.560. The van der Waals surface area contributed by atoms with E-state index in [0.29, 0.717) is 11.8 Å². The van der Waals surface area contributed by atoms with Gasteiger partial charge in [-0.05, 0) is 30.1 Å². The molecule has 2 fully saturated rings. The zero-order valence-corrected chi connectivity index (χ0v) is 7.51. The normalized spacial score (nSPS) is 65.2. The lowest BCUT2D eigenvalue weighted by atomic mass is 9.76. The molecular formula is C12H14O. The molecule has 1 heteroatoms. The van der Waals surface area contributed by atoms with Crippen LogP contribution >= 0.6 is 0 Å². The highest BCUT2D eigenvalue weighted by atomic mass is 16.3. The molecule has 1 N–H and O–H groups in total. The van der Waals surface area contributed by atoms with Crippen molar-refractivity contribution >= 4 is 0 Å². The predicted molar refractivity (Wildman–Crippen MR) is 49.8 cm³/mol. The number of aliphatic hydroxyl groups is 1. The summed E-state index contributed by atoms with van der Waals surface area (Å²) in [6.45, 7) is 0. The molecular weight excluding hydrogens is 160 g/mol. The molecule has 0 aromatic rings. The van der Waals surface area contributed by atoms with Crippen molar-refractivity contribution in [2.75, 3.05) is 0 Å². The van der Waals surface area contributed by atoms with Crippen LogP contribution in [-0.4, -0.2) is 11.2 Å². The molecule has 1 nitrogen and oxygen atoms in total. The molecule has 4 bridgehead atoms. The SMILES string of the molecule is OC1C2C=CC1[C@@H]1C3C=CC(C3)[C@H]21. The van der Waals surface area contributed by atoms with E-state index in [1.807, 2.05) is 0 Å². The van der Waals surface area contributed by atoms with Crippen LogP contribution in [0.2, 0.25) is 0 Å². The van der Waals surface area contributed by atoms with Gasteiger partial charge in [-0.15, -0.1) is 0 Å². The Kier molecular flexibility index (Phi) is 1.01. The van der Waals surface area contributed by atoms with E-state index in [1.165, 1.54) is 6.42 Å². The molecule has 13 heavy (non-hydrogen) atoms. The summed E-state index contributed by atoms with van der Waals surface area (Å²) < 4.78 is 0. The summed E-state index contributed by atoms with van der Waals surface area (Å²) in [5, 5.41) is 10.0. The Morgan fingerprint density at radius 2 is 1.38 bits per heavy atom. The molecule has 4 rings (SSSR count). The Balaban J connectivity index is 1.85. The van der Waals surface area contributed by atoms with E-state index in [1.54, 1.807) is 0 Å². The maximum Gasteiger partial charge on any atom is 0.0671 e. The lowest BCUT2D eigenvalue weighted by Gasteiger charge is -2.27. The number of hydrogen-bond acceptors (Lipinski definition) is 1. The topological polar surface area (TPSA) is 20.2 Å². The third-order valence-corrected chi connectivity index (χ3v) is 4.82. The summed E-state index contributed by atoms with van der Waals surface area (Å²) in [7, 11) is 0. The Morgan fingerprint density at radius 1 is 0.846 bits per heavy atom. The van der Waals surface area contributed by atoms with Gasteiger partial charge >= 0.3 is 0 Å². The van der Waals surface area contributed by atoms with E-state index in [2.05, 4.69) is 24.3 Å². The van der Waals surface area contributed by atoms with Crippen molar-refractivity contribution < 1.29 is 5.11 Å². The lowest BCUT2D eigenvalue weighted by Crippen LogP contribution is -2.23. The maximum absolute atomic E-state index is 10.0. The molecule has 5 unspecified atom stereocenters. The molecule has 0 amide bonds. The Morgan fingerprint density at radius 3 is 1.92 bits per heavy atom. The third-order valence-electron chi connectivity index (χ3n) is 4.82. The third kappa shape index (κ3) is 0.594. The second-order valence-corrected chi connectivity index (χ2v) is 5.13. The first-order chi connectivity index (χ1) is 6.36. The van der Waals surface area contributed by atoms with Crippen LogP contribution in [0.3, 0.4) is 0 Å². The maximum atomic E-state index is 10.0. The van der Waals surface area contributed by atoms with Gasteiger partial charge in [0.1, 0.15) is 0 Å². The highest BCUT2D eigenvalue weighted by Gasteiger charge is 2.60. The standard InChI is InChI=1S/C12H14O/c13-12-8-3-4-9(12)11-7-2-1-6(5-7)10(8)11/h1-4,6-13H,5H2/t6?,7?,8?,9?,10-,11+,12?. The van der Waals surface area contributed by atoms with Crippen molar-refractivity contribution in [1.82, 2.24) is 0 Å². The molecule has 0 radical (unpaired) electrons. The minimum Gasteiger partial charge on any atom is -0.392 e. The van der Waals surface area contributed by atoms with Crippen LogP contribution in [0, 0.1) is 35.5 Å². The molecule has 0 heterocycles. The van der Waals surface area contributed by atoms with Crippen molar-refractivity contribution in [2.24, 2.45) is 35.5 Å². The zero-order chi connectivity index (χ0) is 8.58. The largest absolute Gasteiger partial charge is 0.392 e. The summed E-state index contributed by atoms with van der Waals surface area (Å²) >= 11 is 0. The Labute approximate surface area is 78.1 Å². The average molecular weight is 174 g/mol. The number of hydrogen-bond donors (Lipinski definition) is 1. The van der Waals surface area contributed by atoms with Gasteiger partial charge in [0.05, 0.1) is 6.10 Å². The first kappa shape index (κ1) is 6.83. The van der Waals surface area contributed by atoms with Crippen LogP contribution in [0.15, 0.2) is 24.3 Å². The van der Waals surface area contributed by atoms with E-state index in [-0.39, 0.29) is 6.10 Å². The monoisotopic (exact) mass is 174 g/mol. The molecule has 7 atom stereocenters. The number of fused-ring (bicyclic) bond motifs is 9. The quantitative estimate of drug-likeness (QED) is 0.437. The first-order valence-electron chi connectivity index (χ1n) is 5.41. The minimum absolute atomic E-state index is 0.0415. The summed E-state index contributed by atoms with van der Waals surface area (Å²) in [5.41, 5.74) is 0. The van der Waals surface area contributed by atoms with Crippen molar-refractivity contribution in [3.63, 3.8) is 0 Å². The summed E-state index contributed by atoms with van der Waals surface area (Å²) in [5.74, 6) is 4.17. The summed E-state index contributed by atoms with van der Waals surface area (Å²) in [4.78, 5) is 0. The lowest BCUT2D eigenvalue weighted by molar-refractivity contribution is 0.119. The van der Waals surface area contributed by atoms with Crippen molar-refractivity contribution in [3.05, 3.63) is 24.3 Å². The zero-order valence-electron chi connectivity index (χ0n) is 7.51. The van der Waals surface area contributed by atoms with Gasteiger partial charge in [0.2, 0.25) is 0 Å². The molecule has 0 saturated heterocycles. The van der Waals surface area contributed by atoms with Gasteiger partial charge in [-0.2, -0.15) is 0 Å². The van der Waals surface area contributed by atoms with E-state index in [4.69, 9.17) is 0 Å². The molecule has 0 aromatic carbocycles.